The van der Waals surface area contributed by atoms with Crippen LogP contribution in [-0.4, -0.2) is 40.9 Å². The second kappa shape index (κ2) is 7.68. The molecule has 1 atom stereocenters. The van der Waals surface area contributed by atoms with Gasteiger partial charge in [-0.3, -0.25) is 4.79 Å². The number of para-hydroxylation sites is 1. The van der Waals surface area contributed by atoms with E-state index in [-0.39, 0.29) is 11.2 Å². The molecule has 1 amide bonds. The predicted molar refractivity (Wildman–Crippen MR) is 93.4 cm³/mol. The van der Waals surface area contributed by atoms with E-state index in [1.54, 1.807) is 11.8 Å². The van der Waals surface area contributed by atoms with E-state index in [9.17, 15) is 4.79 Å². The van der Waals surface area contributed by atoms with E-state index in [1.807, 2.05) is 30.3 Å². The Labute approximate surface area is 136 Å². The van der Waals surface area contributed by atoms with Gasteiger partial charge in [-0.2, -0.15) is 4.99 Å². The Morgan fingerprint density at radius 3 is 2.59 bits per heavy atom. The second-order valence-corrected chi connectivity index (χ2v) is 6.99. The number of rotatable bonds is 4. The van der Waals surface area contributed by atoms with E-state index < -0.39 is 0 Å². The maximum Gasteiger partial charge on any atom is 0.261 e. The topological polar surface area (TPSA) is 44.7 Å². The number of benzene rings is 1. The van der Waals surface area contributed by atoms with Crippen LogP contribution in [-0.2, 0) is 4.79 Å². The molecule has 4 nitrogen and oxygen atoms in total. The van der Waals surface area contributed by atoms with Crippen molar-refractivity contribution in [1.29, 1.82) is 0 Å². The highest BCUT2D eigenvalue weighted by atomic mass is 32.2. The van der Waals surface area contributed by atoms with Crippen molar-refractivity contribution in [2.75, 3.05) is 25.0 Å². The summed E-state index contributed by atoms with van der Waals surface area (Å²) in [7, 11) is 0. The SMILES string of the molecule is O=C1N=C(N2CCCCCC2)SC1CCNc1ccccc1. The van der Waals surface area contributed by atoms with E-state index >= 15 is 0 Å². The summed E-state index contributed by atoms with van der Waals surface area (Å²) in [6.07, 6.45) is 5.85. The van der Waals surface area contributed by atoms with Gasteiger partial charge in [-0.15, -0.1) is 0 Å². The number of aliphatic imine (C=N–C) groups is 1. The van der Waals surface area contributed by atoms with Gasteiger partial charge in [0.05, 0.1) is 5.25 Å². The van der Waals surface area contributed by atoms with Gasteiger partial charge >= 0.3 is 0 Å². The van der Waals surface area contributed by atoms with Crippen molar-refractivity contribution in [3.63, 3.8) is 0 Å². The third kappa shape index (κ3) is 4.03. The highest BCUT2D eigenvalue weighted by molar-refractivity contribution is 8.15. The molecular weight excluding hydrogens is 294 g/mol. The van der Waals surface area contributed by atoms with Gasteiger partial charge in [-0.05, 0) is 31.4 Å². The van der Waals surface area contributed by atoms with E-state index in [1.165, 1.54) is 25.7 Å². The monoisotopic (exact) mass is 317 g/mol. The van der Waals surface area contributed by atoms with Crippen LogP contribution < -0.4 is 5.32 Å². The number of thioether (sulfide) groups is 1. The lowest BCUT2D eigenvalue weighted by Gasteiger charge is -2.21. The Morgan fingerprint density at radius 1 is 1.14 bits per heavy atom. The maximum absolute atomic E-state index is 12.1. The standard InChI is InChI=1S/C17H23N3OS/c21-16-15(10-11-18-14-8-4-3-5-9-14)22-17(19-16)20-12-6-1-2-7-13-20/h3-5,8-9,15,18H,1-2,6-7,10-13H2. The van der Waals surface area contributed by atoms with Crippen LogP contribution in [0.1, 0.15) is 32.1 Å². The number of likely N-dealkylation sites (tertiary alicyclic amines) is 1. The van der Waals surface area contributed by atoms with Gasteiger partial charge in [0, 0.05) is 25.3 Å². The molecule has 0 aromatic heterocycles. The Bertz CT molecular complexity index is 524. The summed E-state index contributed by atoms with van der Waals surface area (Å²) in [6.45, 7) is 2.90. The molecule has 1 saturated heterocycles. The summed E-state index contributed by atoms with van der Waals surface area (Å²) in [4.78, 5) is 18.7. The highest BCUT2D eigenvalue weighted by Gasteiger charge is 2.31. The third-order valence-corrected chi connectivity index (χ3v) is 5.40. The molecule has 0 bridgehead atoms. The lowest BCUT2D eigenvalue weighted by molar-refractivity contribution is -0.117. The summed E-state index contributed by atoms with van der Waals surface area (Å²) >= 11 is 1.66. The molecule has 118 valence electrons. The summed E-state index contributed by atoms with van der Waals surface area (Å²) < 4.78 is 0. The molecule has 22 heavy (non-hydrogen) atoms. The fourth-order valence-electron chi connectivity index (χ4n) is 2.86. The van der Waals surface area contributed by atoms with Crippen molar-refractivity contribution in [1.82, 2.24) is 4.90 Å². The van der Waals surface area contributed by atoms with Gasteiger partial charge in [-0.1, -0.05) is 42.8 Å². The first-order valence-electron chi connectivity index (χ1n) is 8.16. The van der Waals surface area contributed by atoms with Crippen LogP contribution in [0.2, 0.25) is 0 Å². The third-order valence-electron chi connectivity index (χ3n) is 4.11. The number of hydrogen-bond donors (Lipinski definition) is 1. The average molecular weight is 317 g/mol. The molecule has 0 spiro atoms. The van der Waals surface area contributed by atoms with Crippen molar-refractivity contribution in [3.05, 3.63) is 30.3 Å². The van der Waals surface area contributed by atoms with E-state index in [0.717, 1.165) is 36.9 Å². The molecule has 1 unspecified atom stereocenters. The number of carbonyl (C=O) groups excluding carboxylic acids is 1. The average Bonchev–Trinajstić information content (AvgIpc) is 2.76. The first kappa shape index (κ1) is 15.4. The Morgan fingerprint density at radius 2 is 1.86 bits per heavy atom. The molecular formula is C17H23N3OS. The zero-order chi connectivity index (χ0) is 15.2. The quantitative estimate of drug-likeness (QED) is 0.925. The minimum atomic E-state index is -0.0190. The van der Waals surface area contributed by atoms with Crippen molar-refractivity contribution >= 4 is 28.5 Å². The van der Waals surface area contributed by atoms with Gasteiger partial charge in [0.15, 0.2) is 5.17 Å². The van der Waals surface area contributed by atoms with Crippen LogP contribution >= 0.6 is 11.8 Å². The molecule has 5 heteroatoms. The molecule has 0 saturated carbocycles. The number of amidine groups is 1. The smallest absolute Gasteiger partial charge is 0.261 e. The summed E-state index contributed by atoms with van der Waals surface area (Å²) in [5.41, 5.74) is 1.10. The number of anilines is 1. The Hall–Kier alpha value is -1.49. The van der Waals surface area contributed by atoms with Gasteiger partial charge in [0.1, 0.15) is 0 Å². The van der Waals surface area contributed by atoms with Crippen molar-refractivity contribution in [2.45, 2.75) is 37.4 Å². The fourth-order valence-corrected chi connectivity index (χ4v) is 3.98. The summed E-state index contributed by atoms with van der Waals surface area (Å²) in [6, 6.07) is 10.1. The molecule has 3 rings (SSSR count). The zero-order valence-electron chi connectivity index (χ0n) is 12.8. The molecule has 1 N–H and O–H groups in total. The maximum atomic E-state index is 12.1. The first-order valence-corrected chi connectivity index (χ1v) is 9.04. The minimum absolute atomic E-state index is 0.0190. The Kier molecular flexibility index (Phi) is 5.38. The van der Waals surface area contributed by atoms with Crippen LogP contribution in [0.25, 0.3) is 0 Å². The lowest BCUT2D eigenvalue weighted by Crippen LogP contribution is -2.29. The molecule has 1 aromatic carbocycles. The summed E-state index contributed by atoms with van der Waals surface area (Å²) in [5, 5.41) is 4.30. The lowest BCUT2D eigenvalue weighted by atomic mass is 10.2. The second-order valence-electron chi connectivity index (χ2n) is 5.82. The van der Waals surface area contributed by atoms with Gasteiger partial charge in [0.25, 0.3) is 5.91 Å². The van der Waals surface area contributed by atoms with E-state index in [2.05, 4.69) is 15.2 Å². The zero-order valence-corrected chi connectivity index (χ0v) is 13.6. The normalized spacial score (nSPS) is 22.4. The molecule has 2 aliphatic heterocycles. The summed E-state index contributed by atoms with van der Waals surface area (Å²) in [5.74, 6) is 0.0408. The van der Waals surface area contributed by atoms with E-state index in [0.29, 0.717) is 0 Å². The minimum Gasteiger partial charge on any atom is -0.385 e. The number of hydrogen-bond acceptors (Lipinski definition) is 4. The fraction of sp³-hybridized carbons (Fsp3) is 0.529. The van der Waals surface area contributed by atoms with Crippen molar-refractivity contribution < 1.29 is 4.79 Å². The number of amides is 1. The molecule has 2 aliphatic rings. The molecule has 2 heterocycles. The van der Waals surface area contributed by atoms with Crippen LogP contribution in [0.5, 0.6) is 0 Å². The molecule has 1 fully saturated rings. The van der Waals surface area contributed by atoms with E-state index in [4.69, 9.17) is 0 Å². The number of nitrogens with one attached hydrogen (secondary N) is 1. The highest BCUT2D eigenvalue weighted by Crippen LogP contribution is 2.28. The molecule has 1 aromatic rings. The van der Waals surface area contributed by atoms with Gasteiger partial charge in [0.2, 0.25) is 0 Å². The largest absolute Gasteiger partial charge is 0.385 e. The van der Waals surface area contributed by atoms with Gasteiger partial charge in [-0.25, -0.2) is 0 Å². The molecule has 0 aliphatic carbocycles. The number of nitrogens with zero attached hydrogens (tertiary/aromatic N) is 2. The van der Waals surface area contributed by atoms with Gasteiger partial charge < -0.3 is 10.2 Å². The Balaban J connectivity index is 1.47. The number of carbonyl (C=O) groups is 1. The van der Waals surface area contributed by atoms with Crippen molar-refractivity contribution in [3.8, 4) is 0 Å². The van der Waals surface area contributed by atoms with Crippen LogP contribution in [0.4, 0.5) is 5.69 Å². The van der Waals surface area contributed by atoms with Crippen LogP contribution in [0, 0.1) is 0 Å². The van der Waals surface area contributed by atoms with Crippen LogP contribution in [0.3, 0.4) is 0 Å². The predicted octanol–water partition coefficient (Wildman–Crippen LogP) is 3.36. The van der Waals surface area contributed by atoms with Crippen LogP contribution in [0.15, 0.2) is 35.3 Å². The van der Waals surface area contributed by atoms with Crippen molar-refractivity contribution in [2.24, 2.45) is 4.99 Å². The molecule has 0 radical (unpaired) electrons. The first-order chi connectivity index (χ1) is 10.8.